The zero-order valence-electron chi connectivity index (χ0n) is 18.8. The Morgan fingerprint density at radius 2 is 1.74 bits per heavy atom. The minimum Gasteiger partial charge on any atom is -0.457 e. The number of ether oxygens (including phenoxy) is 1. The number of nitrogens with one attached hydrogen (secondary N) is 2. The van der Waals surface area contributed by atoms with Crippen molar-refractivity contribution >= 4 is 15.8 Å². The minimum absolute atomic E-state index is 0.0407. The molecule has 35 heavy (non-hydrogen) atoms. The molecular weight excluding hydrogens is 471 g/mol. The van der Waals surface area contributed by atoms with Crippen LogP contribution in [0.1, 0.15) is 11.4 Å². The molecule has 0 aliphatic heterocycles. The van der Waals surface area contributed by atoms with Gasteiger partial charge in [-0.05, 0) is 60.7 Å². The largest absolute Gasteiger partial charge is 0.457 e. The Bertz CT molecular complexity index is 1390. The summed E-state index contributed by atoms with van der Waals surface area (Å²) in [4.78, 5) is 24.3. The fourth-order valence-corrected chi connectivity index (χ4v) is 4.20. The van der Waals surface area contributed by atoms with Gasteiger partial charge in [-0.15, -0.1) is 0 Å². The highest BCUT2D eigenvalue weighted by Crippen LogP contribution is 2.25. The Kier molecular flexibility index (Phi) is 7.33. The number of hydrogen-bond acceptors (Lipinski definition) is 6. The van der Waals surface area contributed by atoms with Gasteiger partial charge in [-0.3, -0.25) is 9.78 Å². The van der Waals surface area contributed by atoms with Gasteiger partial charge >= 0.3 is 0 Å². The summed E-state index contributed by atoms with van der Waals surface area (Å²) in [7, 11) is -3.60. The Labute approximate surface area is 202 Å². The quantitative estimate of drug-likeness (QED) is 0.348. The van der Waals surface area contributed by atoms with Crippen LogP contribution in [0.5, 0.6) is 11.5 Å². The number of hydrogen-bond donors (Lipinski definition) is 2. The third-order valence-corrected chi connectivity index (χ3v) is 5.80. The predicted molar refractivity (Wildman–Crippen MR) is 129 cm³/mol. The normalized spacial score (nSPS) is 12.3. The summed E-state index contributed by atoms with van der Waals surface area (Å²) >= 11 is 0. The molecule has 0 aliphatic rings. The van der Waals surface area contributed by atoms with Gasteiger partial charge in [0.2, 0.25) is 10.0 Å². The molecule has 0 aliphatic carbocycles. The fraction of sp³-hybridized carbons (Fsp3) is 0.160. The highest BCUT2D eigenvalue weighted by molar-refractivity contribution is 7.88. The number of ketones is 1. The van der Waals surface area contributed by atoms with Crippen molar-refractivity contribution in [1.82, 2.24) is 19.7 Å². The zero-order valence-corrected chi connectivity index (χ0v) is 19.6. The van der Waals surface area contributed by atoms with E-state index in [2.05, 4.69) is 19.7 Å². The number of rotatable bonds is 10. The molecule has 2 aromatic carbocycles. The number of halogens is 1. The van der Waals surface area contributed by atoms with Gasteiger partial charge in [-0.2, -0.15) is 0 Å². The number of carbonyl (C=O) groups excluding carboxylic acids is 1. The van der Waals surface area contributed by atoms with Crippen LogP contribution in [0.3, 0.4) is 0 Å². The molecule has 2 aromatic heterocycles. The lowest BCUT2D eigenvalue weighted by Crippen LogP contribution is -2.42. The van der Waals surface area contributed by atoms with E-state index in [-0.39, 0.29) is 24.4 Å². The van der Waals surface area contributed by atoms with Crippen LogP contribution in [-0.2, 0) is 27.7 Å². The molecule has 4 aromatic rings. The van der Waals surface area contributed by atoms with Gasteiger partial charge in [0.15, 0.2) is 5.78 Å². The van der Waals surface area contributed by atoms with Crippen molar-refractivity contribution in [2.24, 2.45) is 0 Å². The molecule has 0 radical (unpaired) electrons. The first kappa shape index (κ1) is 24.2. The van der Waals surface area contributed by atoms with Gasteiger partial charge in [-0.25, -0.2) is 22.5 Å². The van der Waals surface area contributed by atoms with E-state index in [0.717, 1.165) is 11.8 Å². The first-order valence-corrected chi connectivity index (χ1v) is 12.6. The van der Waals surface area contributed by atoms with E-state index in [1.165, 1.54) is 18.5 Å². The van der Waals surface area contributed by atoms with E-state index in [0.29, 0.717) is 28.6 Å². The Morgan fingerprint density at radius 1 is 1.06 bits per heavy atom. The third-order valence-electron chi connectivity index (χ3n) is 5.09. The molecule has 2 heterocycles. The molecule has 2 N–H and O–H groups in total. The van der Waals surface area contributed by atoms with Crippen molar-refractivity contribution in [3.8, 4) is 22.8 Å². The molecule has 1 atom stereocenters. The number of imidazole rings is 1. The number of aromatic amines is 1. The Hall–Kier alpha value is -3.89. The van der Waals surface area contributed by atoms with Gasteiger partial charge in [0.05, 0.1) is 30.7 Å². The number of H-pyrrole nitrogens is 1. The number of aromatic nitrogens is 3. The minimum atomic E-state index is -3.60. The molecule has 10 heteroatoms. The summed E-state index contributed by atoms with van der Waals surface area (Å²) in [6.07, 6.45) is 4.15. The SMILES string of the molecule is CS(=O)(=O)N[C@@H](Cc1cnc[nH]1)C(=O)Cc1cccc(-c2ccc(Oc3ccc(F)cc3)cc2)n1. The van der Waals surface area contributed by atoms with E-state index in [1.54, 1.807) is 42.6 Å². The highest BCUT2D eigenvalue weighted by Gasteiger charge is 2.23. The number of carbonyl (C=O) groups is 1. The standard InChI is InChI=1S/C25H23FN4O4S/c1-35(32,33)30-24(13-20-15-27-16-28-20)25(31)14-19-3-2-4-23(29-19)17-5-9-21(10-6-17)34-22-11-7-18(26)8-12-22/h2-12,15-16,24,30H,13-14H2,1H3,(H,27,28)/t24-/m0/s1. The lowest BCUT2D eigenvalue weighted by molar-refractivity contribution is -0.120. The van der Waals surface area contributed by atoms with E-state index < -0.39 is 16.1 Å². The van der Waals surface area contributed by atoms with Crippen LogP contribution >= 0.6 is 0 Å². The maximum atomic E-state index is 13.1. The summed E-state index contributed by atoms with van der Waals surface area (Å²) in [5.74, 6) is 0.458. The molecule has 8 nitrogen and oxygen atoms in total. The maximum absolute atomic E-state index is 13.1. The van der Waals surface area contributed by atoms with Crippen molar-refractivity contribution in [2.45, 2.75) is 18.9 Å². The molecule has 0 bridgehead atoms. The van der Waals surface area contributed by atoms with E-state index in [1.807, 2.05) is 18.2 Å². The van der Waals surface area contributed by atoms with Crippen LogP contribution in [-0.4, -0.2) is 41.5 Å². The van der Waals surface area contributed by atoms with Crippen LogP contribution in [0.4, 0.5) is 4.39 Å². The topological polar surface area (TPSA) is 114 Å². The van der Waals surface area contributed by atoms with Crippen molar-refractivity contribution in [3.63, 3.8) is 0 Å². The monoisotopic (exact) mass is 494 g/mol. The first-order chi connectivity index (χ1) is 16.7. The number of pyridine rings is 1. The summed E-state index contributed by atoms with van der Waals surface area (Å²) in [6.45, 7) is 0. The highest BCUT2D eigenvalue weighted by atomic mass is 32.2. The number of sulfonamides is 1. The molecule has 0 saturated heterocycles. The van der Waals surface area contributed by atoms with Crippen molar-refractivity contribution in [3.05, 3.63) is 96.5 Å². The van der Waals surface area contributed by atoms with Gasteiger partial charge in [-0.1, -0.05) is 6.07 Å². The lowest BCUT2D eigenvalue weighted by Gasteiger charge is -2.16. The molecule has 0 fully saturated rings. The van der Waals surface area contributed by atoms with E-state index in [4.69, 9.17) is 4.74 Å². The maximum Gasteiger partial charge on any atom is 0.209 e. The Morgan fingerprint density at radius 3 is 2.37 bits per heavy atom. The molecule has 4 rings (SSSR count). The molecule has 180 valence electrons. The van der Waals surface area contributed by atoms with Gasteiger partial charge < -0.3 is 9.72 Å². The average Bonchev–Trinajstić information content (AvgIpc) is 3.33. The van der Waals surface area contributed by atoms with Gasteiger partial charge in [0.25, 0.3) is 0 Å². The van der Waals surface area contributed by atoms with Crippen LogP contribution in [0.15, 0.2) is 79.3 Å². The molecule has 0 spiro atoms. The zero-order chi connectivity index (χ0) is 24.8. The number of Topliss-reactive ketones (excluding diaryl/α,β-unsaturated/α-hetero) is 1. The second-order valence-electron chi connectivity index (χ2n) is 7.96. The fourth-order valence-electron chi connectivity index (χ4n) is 3.47. The first-order valence-electron chi connectivity index (χ1n) is 10.7. The molecule has 0 amide bonds. The van der Waals surface area contributed by atoms with Crippen LogP contribution in [0.25, 0.3) is 11.3 Å². The summed E-state index contributed by atoms with van der Waals surface area (Å²) in [5, 5.41) is 0. The van der Waals surface area contributed by atoms with E-state index >= 15 is 0 Å². The lowest BCUT2D eigenvalue weighted by atomic mass is 10.0. The predicted octanol–water partition coefficient (Wildman–Crippen LogP) is 3.68. The Balaban J connectivity index is 1.46. The summed E-state index contributed by atoms with van der Waals surface area (Å²) < 4.78 is 44.8. The smallest absolute Gasteiger partial charge is 0.209 e. The number of nitrogens with zero attached hydrogens (tertiary/aromatic N) is 2. The third kappa shape index (κ3) is 7.05. The summed E-state index contributed by atoms with van der Waals surface area (Å²) in [5.41, 5.74) is 2.63. The molecule has 0 saturated carbocycles. The van der Waals surface area contributed by atoms with E-state index in [9.17, 15) is 17.6 Å². The van der Waals surface area contributed by atoms with Crippen LogP contribution in [0.2, 0.25) is 0 Å². The molecule has 0 unspecified atom stereocenters. The number of benzene rings is 2. The van der Waals surface area contributed by atoms with Crippen molar-refractivity contribution in [2.75, 3.05) is 6.26 Å². The van der Waals surface area contributed by atoms with Gasteiger partial charge in [0, 0.05) is 29.6 Å². The van der Waals surface area contributed by atoms with Crippen molar-refractivity contribution < 1.29 is 22.3 Å². The second kappa shape index (κ2) is 10.6. The van der Waals surface area contributed by atoms with Crippen LogP contribution < -0.4 is 9.46 Å². The average molecular weight is 495 g/mol. The van der Waals surface area contributed by atoms with Crippen LogP contribution in [0, 0.1) is 5.82 Å². The van der Waals surface area contributed by atoms with Crippen molar-refractivity contribution in [1.29, 1.82) is 0 Å². The van der Waals surface area contributed by atoms with Gasteiger partial charge in [0.1, 0.15) is 17.3 Å². The summed E-state index contributed by atoms with van der Waals surface area (Å²) in [6, 6.07) is 17.3. The second-order valence-corrected chi connectivity index (χ2v) is 9.74. The molecular formula is C25H23FN4O4S.